The third-order valence-electron chi connectivity index (χ3n) is 4.32. The first-order valence-electron chi connectivity index (χ1n) is 7.66. The van der Waals surface area contributed by atoms with Crippen LogP contribution in [0.15, 0.2) is 60.7 Å². The van der Waals surface area contributed by atoms with E-state index in [1.54, 1.807) is 0 Å². The molecule has 1 unspecified atom stereocenters. The fourth-order valence-electron chi connectivity index (χ4n) is 3.22. The van der Waals surface area contributed by atoms with Gasteiger partial charge in [-0.2, -0.15) is 4.57 Å². The Morgan fingerprint density at radius 1 is 0.792 bits per heavy atom. The Hall–Kier alpha value is -2.71. The van der Waals surface area contributed by atoms with E-state index in [1.807, 2.05) is 67.6 Å². The molecule has 2 bridgehead atoms. The van der Waals surface area contributed by atoms with E-state index >= 15 is 0 Å². The van der Waals surface area contributed by atoms with Crippen molar-refractivity contribution in [1.29, 1.82) is 0 Å². The molecule has 3 aromatic rings. The molecule has 2 heterocycles. The van der Waals surface area contributed by atoms with Gasteiger partial charge in [0.05, 0.1) is 0 Å². The van der Waals surface area contributed by atoms with E-state index in [1.165, 1.54) is 0 Å². The first kappa shape index (κ1) is 13.7. The second-order valence-electron chi connectivity index (χ2n) is 5.86. The molecule has 0 N–H and O–H groups in total. The Morgan fingerprint density at radius 2 is 1.50 bits per heavy atom. The number of phosphoric ester groups is 1. The molecule has 118 valence electrons. The van der Waals surface area contributed by atoms with Crippen molar-refractivity contribution in [3.8, 4) is 39.5 Å². The van der Waals surface area contributed by atoms with Crippen molar-refractivity contribution in [3.05, 3.63) is 66.2 Å². The number of hydrogen-bond donors (Lipinski definition) is 0. The summed E-state index contributed by atoms with van der Waals surface area (Å²) in [6, 6.07) is 19.9. The first-order chi connectivity index (χ1) is 11.6. The standard InChI is InChI=1S/C19H13O4P/c1-12-7-5-6-10-14(12)17-15(13-8-3-2-4-9-13)11-16-18-19(17)23-24(20,21-16)22-18/h2-11H,1H3. The molecule has 1 atom stereocenters. The minimum atomic E-state index is -3.52. The number of fused-ring (bicyclic) bond motifs is 1. The Morgan fingerprint density at radius 3 is 2.25 bits per heavy atom. The van der Waals surface area contributed by atoms with Crippen molar-refractivity contribution in [3.63, 3.8) is 0 Å². The summed E-state index contributed by atoms with van der Waals surface area (Å²) in [4.78, 5) is 0. The van der Waals surface area contributed by atoms with Gasteiger partial charge in [-0.25, -0.2) is 0 Å². The first-order valence-corrected chi connectivity index (χ1v) is 9.12. The molecule has 0 spiro atoms. The lowest BCUT2D eigenvalue weighted by molar-refractivity contribution is 0.354. The third kappa shape index (κ3) is 1.84. The van der Waals surface area contributed by atoms with Crippen LogP contribution in [0.5, 0.6) is 17.2 Å². The van der Waals surface area contributed by atoms with E-state index in [-0.39, 0.29) is 0 Å². The monoisotopic (exact) mass is 336 g/mol. The Labute approximate surface area is 139 Å². The van der Waals surface area contributed by atoms with Crippen molar-refractivity contribution < 1.29 is 18.1 Å². The molecule has 0 amide bonds. The highest BCUT2D eigenvalue weighted by Gasteiger charge is 2.51. The van der Waals surface area contributed by atoms with Crippen molar-refractivity contribution in [2.45, 2.75) is 6.92 Å². The van der Waals surface area contributed by atoms with Crippen LogP contribution < -0.4 is 13.6 Å². The lowest BCUT2D eigenvalue weighted by atomic mass is 9.90. The number of phosphoric acid groups is 1. The Balaban J connectivity index is 1.87. The third-order valence-corrected chi connectivity index (χ3v) is 5.55. The van der Waals surface area contributed by atoms with E-state index in [4.69, 9.17) is 13.6 Å². The van der Waals surface area contributed by atoms with Gasteiger partial charge in [0.15, 0.2) is 11.5 Å². The smallest absolute Gasteiger partial charge is 0.382 e. The van der Waals surface area contributed by atoms with Crippen LogP contribution in [0, 0.1) is 6.92 Å². The average molecular weight is 336 g/mol. The molecule has 4 nitrogen and oxygen atoms in total. The summed E-state index contributed by atoms with van der Waals surface area (Å²) in [6.45, 7) is 2.04. The second kappa shape index (κ2) is 4.65. The fraction of sp³-hybridized carbons (Fsp3) is 0.0526. The summed E-state index contributed by atoms with van der Waals surface area (Å²) < 4.78 is 28.7. The largest absolute Gasteiger partial charge is 0.647 e. The summed E-state index contributed by atoms with van der Waals surface area (Å²) in [5, 5.41) is 0. The number of benzene rings is 3. The van der Waals surface area contributed by atoms with Gasteiger partial charge in [0, 0.05) is 5.56 Å². The Kier molecular flexibility index (Phi) is 2.66. The van der Waals surface area contributed by atoms with Crippen molar-refractivity contribution >= 4 is 7.82 Å². The predicted molar refractivity (Wildman–Crippen MR) is 91.5 cm³/mol. The highest BCUT2D eigenvalue weighted by Crippen LogP contribution is 2.71. The van der Waals surface area contributed by atoms with E-state index in [2.05, 4.69) is 0 Å². The van der Waals surface area contributed by atoms with Crippen LogP contribution in [0.1, 0.15) is 5.56 Å². The molecule has 0 fully saturated rings. The number of hydrogen-bond acceptors (Lipinski definition) is 4. The zero-order valence-corrected chi connectivity index (χ0v) is 13.7. The molecular formula is C19H13O4P. The van der Waals surface area contributed by atoms with Gasteiger partial charge >= 0.3 is 7.82 Å². The van der Waals surface area contributed by atoms with Crippen LogP contribution in [0.3, 0.4) is 0 Å². The second-order valence-corrected chi connectivity index (χ2v) is 7.30. The zero-order valence-electron chi connectivity index (χ0n) is 12.9. The van der Waals surface area contributed by atoms with Gasteiger partial charge in [0.1, 0.15) is 0 Å². The quantitative estimate of drug-likeness (QED) is 0.571. The van der Waals surface area contributed by atoms with Gasteiger partial charge in [-0.1, -0.05) is 54.6 Å². The van der Waals surface area contributed by atoms with Gasteiger partial charge in [0.25, 0.3) is 0 Å². The van der Waals surface area contributed by atoms with Crippen LogP contribution in [0.25, 0.3) is 22.3 Å². The van der Waals surface area contributed by atoms with E-state index in [9.17, 15) is 4.57 Å². The summed E-state index contributed by atoms with van der Waals surface area (Å²) in [7, 11) is -3.52. The van der Waals surface area contributed by atoms with Crippen molar-refractivity contribution in [2.75, 3.05) is 0 Å². The van der Waals surface area contributed by atoms with Crippen molar-refractivity contribution in [1.82, 2.24) is 0 Å². The number of rotatable bonds is 2. The van der Waals surface area contributed by atoms with E-state index in [0.29, 0.717) is 17.2 Å². The normalized spacial score (nSPS) is 19.5. The maximum Gasteiger partial charge on any atom is 0.647 e. The van der Waals surface area contributed by atoms with Gasteiger partial charge in [0.2, 0.25) is 5.75 Å². The molecule has 2 aliphatic rings. The number of aryl methyl sites for hydroxylation is 1. The summed E-state index contributed by atoms with van der Waals surface area (Å²) in [6.07, 6.45) is 0. The lowest BCUT2D eigenvalue weighted by Crippen LogP contribution is -2.00. The van der Waals surface area contributed by atoms with E-state index < -0.39 is 7.82 Å². The topological polar surface area (TPSA) is 44.8 Å². The van der Waals surface area contributed by atoms with Crippen LogP contribution in [0.2, 0.25) is 0 Å². The SMILES string of the molecule is Cc1ccccc1-c1c(-c2ccccc2)cc2c3c1OP(=O)(O2)O3. The van der Waals surface area contributed by atoms with Crippen LogP contribution in [-0.2, 0) is 4.57 Å². The fourth-order valence-corrected chi connectivity index (χ4v) is 4.51. The predicted octanol–water partition coefficient (Wildman–Crippen LogP) is 5.60. The molecule has 0 aromatic heterocycles. The van der Waals surface area contributed by atoms with Crippen molar-refractivity contribution in [2.24, 2.45) is 0 Å². The molecular weight excluding hydrogens is 323 g/mol. The summed E-state index contributed by atoms with van der Waals surface area (Å²) >= 11 is 0. The minimum Gasteiger partial charge on any atom is -0.382 e. The average Bonchev–Trinajstić information content (AvgIpc) is 3.10. The summed E-state index contributed by atoms with van der Waals surface area (Å²) in [5.41, 5.74) is 5.03. The minimum absolute atomic E-state index is 0.441. The molecule has 24 heavy (non-hydrogen) atoms. The highest BCUT2D eigenvalue weighted by atomic mass is 31.2. The molecule has 2 aliphatic heterocycles. The lowest BCUT2D eigenvalue weighted by Gasteiger charge is -2.19. The molecule has 3 aromatic carbocycles. The maximum atomic E-state index is 12.4. The van der Waals surface area contributed by atoms with E-state index in [0.717, 1.165) is 27.8 Å². The van der Waals surface area contributed by atoms with Gasteiger partial charge < -0.3 is 13.6 Å². The van der Waals surface area contributed by atoms with Gasteiger partial charge in [-0.15, -0.1) is 0 Å². The molecule has 0 aliphatic carbocycles. The summed E-state index contributed by atoms with van der Waals surface area (Å²) in [5.74, 6) is 1.43. The molecule has 0 saturated heterocycles. The maximum absolute atomic E-state index is 12.4. The molecule has 5 rings (SSSR count). The molecule has 0 radical (unpaired) electrons. The van der Waals surface area contributed by atoms with Gasteiger partial charge in [-0.3, -0.25) is 0 Å². The van der Waals surface area contributed by atoms with Crippen LogP contribution >= 0.6 is 7.82 Å². The Bertz CT molecular complexity index is 1030. The molecule has 0 saturated carbocycles. The zero-order chi connectivity index (χ0) is 16.3. The van der Waals surface area contributed by atoms with Crippen LogP contribution in [0.4, 0.5) is 0 Å². The van der Waals surface area contributed by atoms with Crippen LogP contribution in [-0.4, -0.2) is 0 Å². The molecule has 5 heteroatoms. The van der Waals surface area contributed by atoms with Gasteiger partial charge in [-0.05, 0) is 35.2 Å². The highest BCUT2D eigenvalue weighted by molar-refractivity contribution is 7.50.